The lowest BCUT2D eigenvalue weighted by molar-refractivity contribution is 0.624. The van der Waals surface area contributed by atoms with Gasteiger partial charge in [0, 0.05) is 16.2 Å². The molecule has 0 saturated heterocycles. The minimum Gasteiger partial charge on any atom is -0.206 e. The molecule has 0 unspecified atom stereocenters. The molecule has 0 amide bonds. The molecule has 0 atom stereocenters. The molecule has 0 saturated carbocycles. The first kappa shape index (κ1) is 18.9. The highest BCUT2D eigenvalue weighted by atomic mass is 35.5. The van der Waals surface area contributed by atoms with Crippen LogP contribution in [0.15, 0.2) is 78.4 Å². The average molecular weight is 329 g/mol. The van der Waals surface area contributed by atoms with Gasteiger partial charge in [0.15, 0.2) is 0 Å². The summed E-state index contributed by atoms with van der Waals surface area (Å²) in [5.41, 5.74) is 2.79. The van der Waals surface area contributed by atoms with Gasteiger partial charge in [-0.25, -0.2) is 4.39 Å². The number of benzene rings is 1. The molecule has 0 radical (unpaired) electrons. The third-order valence-electron chi connectivity index (χ3n) is 3.20. The van der Waals surface area contributed by atoms with Crippen LogP contribution in [0.2, 0.25) is 0 Å². The maximum Gasteiger partial charge on any atom is 0.131 e. The molecule has 0 aliphatic rings. The van der Waals surface area contributed by atoms with E-state index in [1.807, 2.05) is 57.2 Å². The molecular formula is C21H22ClF. The van der Waals surface area contributed by atoms with Gasteiger partial charge in [-0.15, -0.1) is 0 Å². The molecule has 1 aromatic rings. The second-order valence-corrected chi connectivity index (χ2v) is 5.17. The largest absolute Gasteiger partial charge is 0.206 e. The normalized spacial score (nSPS) is 14.0. The summed E-state index contributed by atoms with van der Waals surface area (Å²) in [6.07, 6.45) is 14.7. The van der Waals surface area contributed by atoms with Crippen molar-refractivity contribution in [2.75, 3.05) is 0 Å². The summed E-state index contributed by atoms with van der Waals surface area (Å²) in [6, 6.07) is 5.02. The molecule has 0 aliphatic heterocycles. The Morgan fingerprint density at radius 1 is 1.13 bits per heavy atom. The first-order valence-corrected chi connectivity index (χ1v) is 7.88. The van der Waals surface area contributed by atoms with E-state index in [9.17, 15) is 4.39 Å². The summed E-state index contributed by atoms with van der Waals surface area (Å²) in [5, 5.41) is 0.577. The Morgan fingerprint density at radius 2 is 1.87 bits per heavy atom. The van der Waals surface area contributed by atoms with Crippen LogP contribution in [0.5, 0.6) is 0 Å². The third kappa shape index (κ3) is 4.94. The number of allylic oxidation sites excluding steroid dienone is 11. The summed E-state index contributed by atoms with van der Waals surface area (Å²) < 4.78 is 14.6. The van der Waals surface area contributed by atoms with Crippen LogP contribution in [0.1, 0.15) is 31.9 Å². The number of hydrogen-bond acceptors (Lipinski definition) is 0. The molecule has 2 heteroatoms. The summed E-state index contributed by atoms with van der Waals surface area (Å²) in [4.78, 5) is 0. The molecule has 0 fully saturated rings. The lowest BCUT2D eigenvalue weighted by atomic mass is 9.92. The lowest BCUT2D eigenvalue weighted by Crippen LogP contribution is -1.97. The standard InChI is InChI=1S/C21H22ClF/c1-5-9-13-17(19(22)8-4)18-14-10-15-20(23)21(18)16(11-6-2)12-7-3/h5-15H,2H2,1,3-4H3/b9-5-,12-7?,16-11+,17-13-,19-8+. The Morgan fingerprint density at radius 3 is 2.43 bits per heavy atom. The Hall–Kier alpha value is -2.12. The summed E-state index contributed by atoms with van der Waals surface area (Å²) in [7, 11) is 0. The summed E-state index contributed by atoms with van der Waals surface area (Å²) >= 11 is 6.36. The molecule has 0 aromatic heterocycles. The Labute approximate surface area is 143 Å². The first-order chi connectivity index (χ1) is 11.1. The lowest BCUT2D eigenvalue weighted by Gasteiger charge is -2.14. The summed E-state index contributed by atoms with van der Waals surface area (Å²) in [5.74, 6) is -0.291. The van der Waals surface area contributed by atoms with Gasteiger partial charge in [0.05, 0.1) is 0 Å². The van der Waals surface area contributed by atoms with E-state index in [2.05, 4.69) is 6.58 Å². The SMILES string of the molecule is C=C/C=C(\C=CC)c1c(F)cccc1C(=C/C=C\C)/C(Cl)=C\C. The zero-order valence-electron chi connectivity index (χ0n) is 13.8. The van der Waals surface area contributed by atoms with Crippen LogP contribution in [-0.4, -0.2) is 0 Å². The van der Waals surface area contributed by atoms with Gasteiger partial charge in [0.2, 0.25) is 0 Å². The number of rotatable bonds is 6. The van der Waals surface area contributed by atoms with Crippen LogP contribution in [0.4, 0.5) is 4.39 Å². The van der Waals surface area contributed by atoms with Crippen LogP contribution in [0, 0.1) is 5.82 Å². The van der Waals surface area contributed by atoms with Crippen LogP contribution < -0.4 is 0 Å². The van der Waals surface area contributed by atoms with Crippen molar-refractivity contribution in [3.63, 3.8) is 0 Å². The van der Waals surface area contributed by atoms with Crippen molar-refractivity contribution >= 4 is 22.7 Å². The minimum atomic E-state index is -0.291. The van der Waals surface area contributed by atoms with Crippen molar-refractivity contribution in [3.05, 3.63) is 95.4 Å². The van der Waals surface area contributed by atoms with E-state index in [0.29, 0.717) is 10.6 Å². The van der Waals surface area contributed by atoms with Gasteiger partial charge in [-0.1, -0.05) is 78.9 Å². The maximum absolute atomic E-state index is 14.6. The zero-order valence-corrected chi connectivity index (χ0v) is 14.6. The molecule has 1 aromatic carbocycles. The fraction of sp³-hybridized carbons (Fsp3) is 0.143. The van der Waals surface area contributed by atoms with Crippen LogP contribution in [0.3, 0.4) is 0 Å². The van der Waals surface area contributed by atoms with E-state index >= 15 is 0 Å². The minimum absolute atomic E-state index is 0.291. The highest BCUT2D eigenvalue weighted by Crippen LogP contribution is 2.34. The quantitative estimate of drug-likeness (QED) is 0.490. The van der Waals surface area contributed by atoms with E-state index in [0.717, 1.165) is 16.7 Å². The fourth-order valence-corrected chi connectivity index (χ4v) is 2.38. The fourth-order valence-electron chi connectivity index (χ4n) is 2.22. The van der Waals surface area contributed by atoms with Crippen molar-refractivity contribution in [1.29, 1.82) is 0 Å². The van der Waals surface area contributed by atoms with Gasteiger partial charge >= 0.3 is 0 Å². The molecule has 23 heavy (non-hydrogen) atoms. The average Bonchev–Trinajstić information content (AvgIpc) is 2.55. The molecule has 0 nitrogen and oxygen atoms in total. The van der Waals surface area contributed by atoms with Crippen molar-refractivity contribution < 1.29 is 4.39 Å². The number of halogens is 2. The highest BCUT2D eigenvalue weighted by molar-refractivity contribution is 6.37. The second-order valence-electron chi connectivity index (χ2n) is 4.76. The van der Waals surface area contributed by atoms with E-state index < -0.39 is 0 Å². The van der Waals surface area contributed by atoms with Gasteiger partial charge in [0.1, 0.15) is 5.82 Å². The van der Waals surface area contributed by atoms with Gasteiger partial charge in [0.25, 0.3) is 0 Å². The summed E-state index contributed by atoms with van der Waals surface area (Å²) in [6.45, 7) is 9.40. The smallest absolute Gasteiger partial charge is 0.131 e. The third-order valence-corrected chi connectivity index (χ3v) is 3.62. The molecule has 0 bridgehead atoms. The Kier molecular flexibility index (Phi) is 8.07. The molecule has 0 spiro atoms. The predicted octanol–water partition coefficient (Wildman–Crippen LogP) is 7.07. The molecule has 0 aliphatic carbocycles. The van der Waals surface area contributed by atoms with Crippen molar-refractivity contribution in [3.8, 4) is 0 Å². The maximum atomic E-state index is 14.6. The monoisotopic (exact) mass is 328 g/mol. The number of hydrogen-bond donors (Lipinski definition) is 0. The van der Waals surface area contributed by atoms with Gasteiger partial charge in [-0.05, 0) is 38.0 Å². The second kappa shape index (κ2) is 9.81. The van der Waals surface area contributed by atoms with Gasteiger partial charge in [-0.3, -0.25) is 0 Å². The van der Waals surface area contributed by atoms with Crippen LogP contribution in [0.25, 0.3) is 11.1 Å². The molecule has 120 valence electrons. The first-order valence-electron chi connectivity index (χ1n) is 7.50. The molecule has 1 rings (SSSR count). The highest BCUT2D eigenvalue weighted by Gasteiger charge is 2.15. The van der Waals surface area contributed by atoms with E-state index in [1.165, 1.54) is 6.07 Å². The van der Waals surface area contributed by atoms with Gasteiger partial charge < -0.3 is 0 Å². The molecular weight excluding hydrogens is 307 g/mol. The van der Waals surface area contributed by atoms with Crippen molar-refractivity contribution in [1.82, 2.24) is 0 Å². The zero-order chi connectivity index (χ0) is 17.2. The van der Waals surface area contributed by atoms with Crippen LogP contribution >= 0.6 is 11.6 Å². The van der Waals surface area contributed by atoms with Gasteiger partial charge in [-0.2, -0.15) is 0 Å². The Bertz CT molecular complexity index is 701. The van der Waals surface area contributed by atoms with Crippen LogP contribution in [-0.2, 0) is 0 Å². The predicted molar refractivity (Wildman–Crippen MR) is 102 cm³/mol. The molecule has 0 heterocycles. The Balaban J connectivity index is 3.74. The topological polar surface area (TPSA) is 0 Å². The van der Waals surface area contributed by atoms with E-state index in [-0.39, 0.29) is 5.82 Å². The molecule has 0 N–H and O–H groups in total. The van der Waals surface area contributed by atoms with Crippen molar-refractivity contribution in [2.24, 2.45) is 0 Å². The van der Waals surface area contributed by atoms with E-state index in [1.54, 1.807) is 24.3 Å². The van der Waals surface area contributed by atoms with Crippen molar-refractivity contribution in [2.45, 2.75) is 20.8 Å². The van der Waals surface area contributed by atoms with E-state index in [4.69, 9.17) is 11.6 Å².